The van der Waals surface area contributed by atoms with Gasteiger partial charge >= 0.3 is 6.01 Å². The lowest BCUT2D eigenvalue weighted by atomic mass is 10.0. The number of hydrogen-bond acceptors (Lipinski definition) is 4. The standard InChI is InChI=1S/C18H16BrN3O2/c1-11-3-4-14(12(2)9-11)10-16-21-22-18(24-16)20-17(23)13-5-7-15(19)8-6-13/h3-9H,10H2,1-2H3,(H,20,22,23). The van der Waals surface area contributed by atoms with E-state index in [-0.39, 0.29) is 11.9 Å². The zero-order chi connectivity index (χ0) is 17.1. The van der Waals surface area contributed by atoms with Crippen LogP contribution < -0.4 is 5.32 Å². The van der Waals surface area contributed by atoms with Crippen molar-refractivity contribution in [3.63, 3.8) is 0 Å². The molecule has 5 nitrogen and oxygen atoms in total. The first-order valence-corrected chi connectivity index (χ1v) is 8.26. The molecule has 0 radical (unpaired) electrons. The summed E-state index contributed by atoms with van der Waals surface area (Å²) in [7, 11) is 0. The molecule has 1 amide bonds. The van der Waals surface area contributed by atoms with Crippen molar-refractivity contribution in [2.45, 2.75) is 20.3 Å². The van der Waals surface area contributed by atoms with Gasteiger partial charge in [-0.2, -0.15) is 0 Å². The third kappa shape index (κ3) is 3.89. The molecule has 0 saturated carbocycles. The normalized spacial score (nSPS) is 10.6. The van der Waals surface area contributed by atoms with Gasteiger partial charge in [0.15, 0.2) is 0 Å². The number of carbonyl (C=O) groups is 1. The SMILES string of the molecule is Cc1ccc(Cc2nnc(NC(=O)c3ccc(Br)cc3)o2)c(C)c1. The Balaban J connectivity index is 1.69. The lowest BCUT2D eigenvalue weighted by molar-refractivity contribution is 0.102. The summed E-state index contributed by atoms with van der Waals surface area (Å²) in [6.45, 7) is 4.11. The number of hydrogen-bond donors (Lipinski definition) is 1. The largest absolute Gasteiger partial charge is 0.407 e. The summed E-state index contributed by atoms with van der Waals surface area (Å²) in [5.41, 5.74) is 4.03. The van der Waals surface area contributed by atoms with Crippen LogP contribution in [-0.2, 0) is 6.42 Å². The van der Waals surface area contributed by atoms with Crippen molar-refractivity contribution in [2.75, 3.05) is 5.32 Å². The Labute approximate surface area is 148 Å². The molecular weight excluding hydrogens is 370 g/mol. The average molecular weight is 386 g/mol. The summed E-state index contributed by atoms with van der Waals surface area (Å²) >= 11 is 3.33. The number of aromatic nitrogens is 2. The second-order valence-electron chi connectivity index (χ2n) is 5.57. The van der Waals surface area contributed by atoms with Crippen LogP contribution in [0.15, 0.2) is 51.4 Å². The highest BCUT2D eigenvalue weighted by molar-refractivity contribution is 9.10. The lowest BCUT2D eigenvalue weighted by Crippen LogP contribution is -2.11. The highest BCUT2D eigenvalue weighted by atomic mass is 79.9. The van der Waals surface area contributed by atoms with Crippen molar-refractivity contribution >= 4 is 27.9 Å². The van der Waals surface area contributed by atoms with Crippen LogP contribution in [0.1, 0.15) is 32.9 Å². The van der Waals surface area contributed by atoms with Crippen LogP contribution in [0.2, 0.25) is 0 Å². The molecule has 1 N–H and O–H groups in total. The molecule has 24 heavy (non-hydrogen) atoms. The molecule has 0 atom stereocenters. The monoisotopic (exact) mass is 385 g/mol. The maximum atomic E-state index is 12.1. The molecule has 6 heteroatoms. The fourth-order valence-corrected chi connectivity index (χ4v) is 2.62. The summed E-state index contributed by atoms with van der Waals surface area (Å²) in [4.78, 5) is 12.1. The molecule has 1 aromatic heterocycles. The smallest absolute Gasteiger partial charge is 0.322 e. The van der Waals surface area contributed by atoms with Gasteiger partial charge in [0.2, 0.25) is 5.89 Å². The van der Waals surface area contributed by atoms with Gasteiger partial charge in [0, 0.05) is 10.0 Å². The quantitative estimate of drug-likeness (QED) is 0.726. The van der Waals surface area contributed by atoms with E-state index in [0.29, 0.717) is 17.9 Å². The first-order chi connectivity index (χ1) is 11.5. The topological polar surface area (TPSA) is 68.0 Å². The number of nitrogens with zero attached hydrogens (tertiary/aromatic N) is 2. The molecule has 0 aliphatic rings. The van der Waals surface area contributed by atoms with Gasteiger partial charge in [0.05, 0.1) is 6.42 Å². The van der Waals surface area contributed by atoms with Crippen molar-refractivity contribution in [3.8, 4) is 0 Å². The molecule has 0 bridgehead atoms. The number of anilines is 1. The Morgan fingerprint density at radius 1 is 1.12 bits per heavy atom. The van der Waals surface area contributed by atoms with E-state index in [9.17, 15) is 4.79 Å². The minimum atomic E-state index is -0.288. The first-order valence-electron chi connectivity index (χ1n) is 7.47. The van der Waals surface area contributed by atoms with Crippen LogP contribution in [0.25, 0.3) is 0 Å². The summed E-state index contributed by atoms with van der Waals surface area (Å²) in [6.07, 6.45) is 0.535. The van der Waals surface area contributed by atoms with Gasteiger partial charge in [0.25, 0.3) is 5.91 Å². The maximum Gasteiger partial charge on any atom is 0.322 e. The van der Waals surface area contributed by atoms with E-state index in [0.717, 1.165) is 10.0 Å². The molecule has 0 aliphatic carbocycles. The fraction of sp³-hybridized carbons (Fsp3) is 0.167. The van der Waals surface area contributed by atoms with Crippen molar-refractivity contribution < 1.29 is 9.21 Å². The highest BCUT2D eigenvalue weighted by Gasteiger charge is 2.12. The number of carbonyl (C=O) groups excluding carboxylic acids is 1. The van der Waals surface area contributed by atoms with Crippen LogP contribution >= 0.6 is 15.9 Å². The van der Waals surface area contributed by atoms with Crippen LogP contribution in [0.3, 0.4) is 0 Å². The first kappa shape index (κ1) is 16.4. The van der Waals surface area contributed by atoms with Crippen LogP contribution in [-0.4, -0.2) is 16.1 Å². The Morgan fingerprint density at radius 3 is 2.58 bits per heavy atom. The van der Waals surface area contributed by atoms with Crippen molar-refractivity contribution in [1.82, 2.24) is 10.2 Å². The summed E-state index contributed by atoms with van der Waals surface area (Å²) < 4.78 is 6.44. The molecule has 0 saturated heterocycles. The third-order valence-electron chi connectivity index (χ3n) is 3.63. The van der Waals surface area contributed by atoms with E-state index in [1.807, 2.05) is 0 Å². The Hall–Kier alpha value is -2.47. The Morgan fingerprint density at radius 2 is 1.88 bits per heavy atom. The Bertz CT molecular complexity index is 872. The fourth-order valence-electron chi connectivity index (χ4n) is 2.35. The van der Waals surface area contributed by atoms with Gasteiger partial charge < -0.3 is 4.42 Å². The number of halogens is 1. The second-order valence-corrected chi connectivity index (χ2v) is 6.48. The summed E-state index contributed by atoms with van der Waals surface area (Å²) in [5.74, 6) is 0.178. The molecule has 3 aromatic rings. The molecule has 2 aromatic carbocycles. The van der Waals surface area contributed by atoms with Crippen molar-refractivity contribution in [2.24, 2.45) is 0 Å². The van der Waals surface area contributed by atoms with E-state index >= 15 is 0 Å². The van der Waals surface area contributed by atoms with E-state index < -0.39 is 0 Å². The molecular formula is C18H16BrN3O2. The third-order valence-corrected chi connectivity index (χ3v) is 4.16. The average Bonchev–Trinajstić information content (AvgIpc) is 2.98. The molecule has 122 valence electrons. The summed E-state index contributed by atoms with van der Waals surface area (Å²) in [6, 6.07) is 13.3. The van der Waals surface area contributed by atoms with E-state index in [1.54, 1.807) is 24.3 Å². The van der Waals surface area contributed by atoms with Crippen LogP contribution in [0, 0.1) is 13.8 Å². The van der Waals surface area contributed by atoms with Gasteiger partial charge in [0.1, 0.15) is 0 Å². The van der Waals surface area contributed by atoms with Gasteiger partial charge in [-0.3, -0.25) is 10.1 Å². The maximum absolute atomic E-state index is 12.1. The van der Waals surface area contributed by atoms with Gasteiger partial charge in [-0.25, -0.2) is 0 Å². The zero-order valence-electron chi connectivity index (χ0n) is 13.3. The van der Waals surface area contributed by atoms with Crippen LogP contribution in [0.4, 0.5) is 6.01 Å². The molecule has 0 spiro atoms. The Kier molecular flexibility index (Phi) is 4.76. The van der Waals surface area contributed by atoms with Gasteiger partial charge in [-0.05, 0) is 49.2 Å². The number of benzene rings is 2. The molecule has 0 aliphatic heterocycles. The molecule has 0 unspecified atom stereocenters. The van der Waals surface area contributed by atoms with E-state index in [2.05, 4.69) is 63.5 Å². The predicted molar refractivity (Wildman–Crippen MR) is 95.1 cm³/mol. The minimum absolute atomic E-state index is 0.0997. The number of nitrogens with one attached hydrogen (secondary N) is 1. The number of amides is 1. The predicted octanol–water partition coefficient (Wildman–Crippen LogP) is 4.29. The zero-order valence-corrected chi connectivity index (χ0v) is 14.9. The molecule has 1 heterocycles. The van der Waals surface area contributed by atoms with Crippen molar-refractivity contribution in [3.05, 3.63) is 75.1 Å². The molecule has 3 rings (SSSR count). The van der Waals surface area contributed by atoms with Crippen LogP contribution in [0.5, 0.6) is 0 Å². The van der Waals surface area contributed by atoms with E-state index in [1.165, 1.54) is 11.1 Å². The number of aryl methyl sites for hydroxylation is 2. The molecule has 0 fully saturated rings. The van der Waals surface area contributed by atoms with Gasteiger partial charge in [-0.15, -0.1) is 5.10 Å². The lowest BCUT2D eigenvalue weighted by Gasteiger charge is -2.04. The minimum Gasteiger partial charge on any atom is -0.407 e. The van der Waals surface area contributed by atoms with Crippen molar-refractivity contribution in [1.29, 1.82) is 0 Å². The van der Waals surface area contributed by atoms with Gasteiger partial charge in [-0.1, -0.05) is 44.8 Å². The second kappa shape index (κ2) is 6.97. The highest BCUT2D eigenvalue weighted by Crippen LogP contribution is 2.17. The number of rotatable bonds is 4. The van der Waals surface area contributed by atoms with E-state index in [4.69, 9.17) is 4.42 Å². The summed E-state index contributed by atoms with van der Waals surface area (Å²) in [5, 5.41) is 10.5.